The van der Waals surface area contributed by atoms with Crippen LogP contribution in [0.4, 0.5) is 4.79 Å². The van der Waals surface area contributed by atoms with E-state index in [1.54, 1.807) is 31.2 Å². The molecule has 140 valence electrons. The van der Waals surface area contributed by atoms with Gasteiger partial charge in [-0.3, -0.25) is 0 Å². The summed E-state index contributed by atoms with van der Waals surface area (Å²) in [6, 6.07) is 5.54. The van der Waals surface area contributed by atoms with Crippen molar-refractivity contribution in [3.63, 3.8) is 0 Å². The minimum Gasteiger partial charge on any atom is -0.508 e. The van der Waals surface area contributed by atoms with Gasteiger partial charge in [-0.2, -0.15) is 0 Å². The Hall–Kier alpha value is -2.50. The van der Waals surface area contributed by atoms with Crippen molar-refractivity contribution >= 4 is 12.0 Å². The van der Waals surface area contributed by atoms with E-state index in [4.69, 9.17) is 4.74 Å². The maximum Gasteiger partial charge on any atom is 0.338 e. The molecular formula is C20H26N2O4. The van der Waals surface area contributed by atoms with Crippen molar-refractivity contribution in [2.75, 3.05) is 0 Å². The fourth-order valence-electron chi connectivity index (χ4n) is 3.67. The molecule has 1 heterocycles. The van der Waals surface area contributed by atoms with Crippen LogP contribution < -0.4 is 10.6 Å². The van der Waals surface area contributed by atoms with Crippen molar-refractivity contribution in [2.24, 2.45) is 0 Å². The van der Waals surface area contributed by atoms with Crippen LogP contribution in [0.5, 0.6) is 5.75 Å². The van der Waals surface area contributed by atoms with Gasteiger partial charge in [0.25, 0.3) is 0 Å². The lowest BCUT2D eigenvalue weighted by molar-refractivity contribution is -0.145. The largest absolute Gasteiger partial charge is 0.508 e. The maximum absolute atomic E-state index is 12.9. The molecule has 3 rings (SSSR count). The molecule has 1 saturated carbocycles. The fourth-order valence-corrected chi connectivity index (χ4v) is 3.67. The summed E-state index contributed by atoms with van der Waals surface area (Å²) in [5.41, 5.74) is 1.51. The molecule has 1 aromatic rings. The van der Waals surface area contributed by atoms with Gasteiger partial charge in [0, 0.05) is 5.70 Å². The van der Waals surface area contributed by atoms with Crippen LogP contribution in [0.1, 0.15) is 63.5 Å². The lowest BCUT2D eigenvalue weighted by Gasteiger charge is -2.29. The topological polar surface area (TPSA) is 87.7 Å². The molecule has 1 fully saturated rings. The molecule has 6 nitrogen and oxygen atoms in total. The predicted octanol–water partition coefficient (Wildman–Crippen LogP) is 3.68. The number of carbonyl (C=O) groups is 2. The molecule has 0 bridgehead atoms. The number of carbonyl (C=O) groups excluding carboxylic acids is 2. The van der Waals surface area contributed by atoms with Gasteiger partial charge in [0.05, 0.1) is 11.6 Å². The summed E-state index contributed by atoms with van der Waals surface area (Å²) in [4.78, 5) is 24.8. The Morgan fingerprint density at radius 1 is 1.15 bits per heavy atom. The number of hydrogen-bond acceptors (Lipinski definition) is 4. The van der Waals surface area contributed by atoms with Crippen molar-refractivity contribution in [2.45, 2.75) is 64.0 Å². The SMILES string of the molecule is CC1=C(C(=O)OC2CCCCCCC2)[C@@H](c2cccc(O)c2)NC(=O)N1. The van der Waals surface area contributed by atoms with E-state index >= 15 is 0 Å². The molecule has 0 spiro atoms. The Balaban J connectivity index is 1.82. The van der Waals surface area contributed by atoms with E-state index in [1.807, 2.05) is 0 Å². The Morgan fingerprint density at radius 2 is 1.85 bits per heavy atom. The molecule has 2 aliphatic rings. The highest BCUT2D eigenvalue weighted by molar-refractivity contribution is 5.95. The Kier molecular flexibility index (Phi) is 5.81. The Bertz CT molecular complexity index is 706. The molecule has 1 aliphatic carbocycles. The van der Waals surface area contributed by atoms with E-state index in [1.165, 1.54) is 19.3 Å². The van der Waals surface area contributed by atoms with Gasteiger partial charge in [0.2, 0.25) is 0 Å². The zero-order valence-electron chi connectivity index (χ0n) is 15.1. The number of rotatable bonds is 3. The van der Waals surface area contributed by atoms with E-state index in [0.29, 0.717) is 16.8 Å². The zero-order chi connectivity index (χ0) is 18.5. The quantitative estimate of drug-likeness (QED) is 0.719. The van der Waals surface area contributed by atoms with Gasteiger partial charge in [-0.25, -0.2) is 9.59 Å². The monoisotopic (exact) mass is 358 g/mol. The number of aromatic hydroxyl groups is 1. The van der Waals surface area contributed by atoms with Crippen molar-refractivity contribution in [1.82, 2.24) is 10.6 Å². The van der Waals surface area contributed by atoms with Crippen molar-refractivity contribution in [1.29, 1.82) is 0 Å². The highest BCUT2D eigenvalue weighted by atomic mass is 16.5. The second-order valence-electron chi connectivity index (χ2n) is 7.04. The lowest BCUT2D eigenvalue weighted by Crippen LogP contribution is -2.45. The van der Waals surface area contributed by atoms with Gasteiger partial charge in [-0.15, -0.1) is 0 Å². The van der Waals surface area contributed by atoms with Crippen molar-refractivity contribution in [3.8, 4) is 5.75 Å². The summed E-state index contributed by atoms with van der Waals surface area (Å²) in [5.74, 6) is -0.324. The number of phenolic OH excluding ortho intramolecular Hbond substituents is 1. The van der Waals surface area contributed by atoms with Gasteiger partial charge in [-0.05, 0) is 50.3 Å². The smallest absolute Gasteiger partial charge is 0.338 e. The minimum atomic E-state index is -0.642. The number of nitrogens with one attached hydrogen (secondary N) is 2. The summed E-state index contributed by atoms with van der Waals surface area (Å²) < 4.78 is 5.80. The molecule has 0 saturated heterocycles. The Morgan fingerprint density at radius 3 is 2.54 bits per heavy atom. The van der Waals surface area contributed by atoms with E-state index in [-0.39, 0.29) is 17.9 Å². The number of phenols is 1. The van der Waals surface area contributed by atoms with Crippen LogP contribution in [0, 0.1) is 0 Å². The van der Waals surface area contributed by atoms with Gasteiger partial charge in [0.1, 0.15) is 11.9 Å². The highest BCUT2D eigenvalue weighted by Crippen LogP contribution is 2.30. The maximum atomic E-state index is 12.9. The van der Waals surface area contributed by atoms with Gasteiger partial charge >= 0.3 is 12.0 Å². The third kappa shape index (κ3) is 4.36. The summed E-state index contributed by atoms with van der Waals surface area (Å²) in [5, 5.41) is 15.2. The van der Waals surface area contributed by atoms with Crippen LogP contribution >= 0.6 is 0 Å². The number of esters is 1. The van der Waals surface area contributed by atoms with Crippen LogP contribution in [0.15, 0.2) is 35.5 Å². The minimum absolute atomic E-state index is 0.0782. The molecule has 6 heteroatoms. The Labute approximate surface area is 153 Å². The van der Waals surface area contributed by atoms with Crippen LogP contribution in [-0.4, -0.2) is 23.2 Å². The first-order valence-corrected chi connectivity index (χ1v) is 9.33. The molecule has 0 unspecified atom stereocenters. The fraction of sp³-hybridized carbons (Fsp3) is 0.500. The average molecular weight is 358 g/mol. The highest BCUT2D eigenvalue weighted by Gasteiger charge is 2.33. The normalized spacial score (nSPS) is 22.0. The number of amides is 2. The summed E-state index contributed by atoms with van der Waals surface area (Å²) >= 11 is 0. The van der Waals surface area contributed by atoms with E-state index in [9.17, 15) is 14.7 Å². The first-order valence-electron chi connectivity index (χ1n) is 9.33. The van der Waals surface area contributed by atoms with Crippen LogP contribution in [0.25, 0.3) is 0 Å². The van der Waals surface area contributed by atoms with Crippen LogP contribution in [0.2, 0.25) is 0 Å². The lowest BCUT2D eigenvalue weighted by atomic mass is 9.95. The average Bonchev–Trinajstić information content (AvgIpc) is 2.56. The molecule has 0 radical (unpaired) electrons. The molecule has 26 heavy (non-hydrogen) atoms. The van der Waals surface area contributed by atoms with E-state index in [0.717, 1.165) is 25.7 Å². The molecule has 1 aliphatic heterocycles. The first kappa shape index (κ1) is 18.3. The summed E-state index contributed by atoms with van der Waals surface area (Å²) in [6.45, 7) is 1.70. The van der Waals surface area contributed by atoms with Crippen LogP contribution in [-0.2, 0) is 9.53 Å². The molecular weight excluding hydrogens is 332 g/mol. The molecule has 1 atom stereocenters. The molecule has 3 N–H and O–H groups in total. The molecule has 1 aromatic carbocycles. The third-order valence-electron chi connectivity index (χ3n) is 5.02. The van der Waals surface area contributed by atoms with Gasteiger partial charge < -0.3 is 20.5 Å². The molecule has 2 amide bonds. The van der Waals surface area contributed by atoms with Crippen molar-refractivity contribution < 1.29 is 19.4 Å². The van der Waals surface area contributed by atoms with E-state index < -0.39 is 12.0 Å². The third-order valence-corrected chi connectivity index (χ3v) is 5.02. The summed E-state index contributed by atoms with van der Waals surface area (Å²) in [6.07, 6.45) is 7.44. The second-order valence-corrected chi connectivity index (χ2v) is 7.04. The van der Waals surface area contributed by atoms with E-state index in [2.05, 4.69) is 10.6 Å². The predicted molar refractivity (Wildman–Crippen MR) is 97.4 cm³/mol. The van der Waals surface area contributed by atoms with Crippen molar-refractivity contribution in [3.05, 3.63) is 41.1 Å². The standard InChI is InChI=1S/C20H26N2O4/c1-13-17(19(24)26-16-10-5-3-2-4-6-11-16)18(22-20(25)21-13)14-8-7-9-15(23)12-14/h7-9,12,16,18,23H,2-6,10-11H2,1H3,(H2,21,22,25)/t18-/m1/s1. The van der Waals surface area contributed by atoms with Gasteiger partial charge in [-0.1, -0.05) is 31.4 Å². The number of allylic oxidation sites excluding steroid dienone is 1. The molecule has 0 aromatic heterocycles. The number of urea groups is 1. The van der Waals surface area contributed by atoms with Crippen LogP contribution in [0.3, 0.4) is 0 Å². The zero-order valence-corrected chi connectivity index (χ0v) is 15.1. The van der Waals surface area contributed by atoms with Gasteiger partial charge in [0.15, 0.2) is 0 Å². The number of benzene rings is 1. The summed E-state index contributed by atoms with van der Waals surface area (Å²) in [7, 11) is 0. The number of ether oxygens (including phenoxy) is 1. The first-order chi connectivity index (χ1) is 12.5. The number of hydrogen-bond donors (Lipinski definition) is 3. The second kappa shape index (κ2) is 8.25.